The lowest BCUT2D eigenvalue weighted by atomic mass is 9.98. The van der Waals surface area contributed by atoms with Crippen LogP contribution in [0.5, 0.6) is 0 Å². The second-order valence-electron chi connectivity index (χ2n) is 6.27. The second-order valence-corrected chi connectivity index (χ2v) is 10.7. The number of aromatic nitrogens is 3. The first-order valence-electron chi connectivity index (χ1n) is 8.22. The molecular formula is C12H16N5O11P3. The largest absolute Gasteiger partial charge is 0.490 e. The number of nitrogens with two attached hydrogens (primary N) is 1. The molecule has 1 fully saturated rings. The summed E-state index contributed by atoms with van der Waals surface area (Å²) in [6, 6.07) is 5.18. The predicted molar refractivity (Wildman–Crippen MR) is 98.6 cm³/mol. The summed E-state index contributed by atoms with van der Waals surface area (Å²) in [6.45, 7) is -0.659. The van der Waals surface area contributed by atoms with Gasteiger partial charge in [-0.3, -0.25) is 4.52 Å². The summed E-state index contributed by atoms with van der Waals surface area (Å²) in [6.07, 6.45) is 0.592. The van der Waals surface area contributed by atoms with E-state index < -0.39 is 41.8 Å². The van der Waals surface area contributed by atoms with Crippen molar-refractivity contribution in [3.63, 3.8) is 0 Å². The second kappa shape index (κ2) is 8.32. The maximum Gasteiger partial charge on any atom is 0.490 e. The van der Waals surface area contributed by atoms with Crippen molar-refractivity contribution in [2.24, 2.45) is 0 Å². The average molecular weight is 499 g/mol. The number of ether oxygens (including phenoxy) is 1. The highest BCUT2D eigenvalue weighted by molar-refractivity contribution is 7.66. The number of rotatable bonds is 8. The third-order valence-corrected chi connectivity index (χ3v) is 7.90. The first-order valence-corrected chi connectivity index (χ1v) is 12.7. The molecule has 2 aromatic heterocycles. The molecule has 0 bridgehead atoms. The van der Waals surface area contributed by atoms with E-state index in [9.17, 15) is 23.9 Å². The van der Waals surface area contributed by atoms with Gasteiger partial charge in [0.1, 0.15) is 17.9 Å². The van der Waals surface area contributed by atoms with Crippen molar-refractivity contribution in [3.05, 3.63) is 24.2 Å². The van der Waals surface area contributed by atoms with Crippen molar-refractivity contribution < 1.29 is 51.2 Å². The Morgan fingerprint density at radius 1 is 1.26 bits per heavy atom. The summed E-state index contributed by atoms with van der Waals surface area (Å²) in [5.74, 6) is 0.177. The lowest BCUT2D eigenvalue weighted by Crippen LogP contribution is -2.28. The molecule has 0 radical (unpaired) electrons. The molecular weight excluding hydrogens is 483 g/mol. The average Bonchev–Trinajstić information content (AvgIpc) is 3.22. The van der Waals surface area contributed by atoms with Gasteiger partial charge in [0.25, 0.3) is 0 Å². The minimum Gasteiger partial charge on any atom is -0.382 e. The van der Waals surface area contributed by atoms with Crippen LogP contribution in [0.2, 0.25) is 0 Å². The van der Waals surface area contributed by atoms with Gasteiger partial charge in [0.05, 0.1) is 18.4 Å². The van der Waals surface area contributed by atoms with Crippen LogP contribution in [0, 0.1) is 11.3 Å². The lowest BCUT2D eigenvalue weighted by Gasteiger charge is -2.22. The van der Waals surface area contributed by atoms with Crippen LogP contribution in [0.1, 0.15) is 18.5 Å². The standard InChI is InChI=1S/C12H16N5O11P3/c13-6-12(10-2-1-9-11(14)15-7-16-17(9)10)4-3-8(26-12)5-25-30(21,22)28-31(23,24)27-29(18,19)20/h1-2,7-8H,3-5H2,(H,21,22)(H,23,24)(H2,14,15,16)(H2,18,19,20). The van der Waals surface area contributed by atoms with E-state index in [4.69, 9.17) is 25.2 Å². The SMILES string of the molecule is N#CC1(c2ccc3c(N)ncnn23)CCC(COP(=O)(O)OP(=O)(O)OP(=O)(O)O)O1. The van der Waals surface area contributed by atoms with Gasteiger partial charge in [0.2, 0.25) is 0 Å². The van der Waals surface area contributed by atoms with Gasteiger partial charge in [0, 0.05) is 0 Å². The summed E-state index contributed by atoms with van der Waals surface area (Å²) in [5, 5.41) is 13.8. The Morgan fingerprint density at radius 3 is 2.61 bits per heavy atom. The molecule has 3 heterocycles. The van der Waals surface area contributed by atoms with Crippen LogP contribution in [0.4, 0.5) is 5.82 Å². The fourth-order valence-corrected chi connectivity index (χ4v) is 6.00. The van der Waals surface area contributed by atoms with E-state index in [0.717, 1.165) is 0 Å². The smallest absolute Gasteiger partial charge is 0.382 e. The summed E-state index contributed by atoms with van der Waals surface area (Å²) in [7, 11) is -16.4. The normalized spacial score (nSPS) is 25.7. The number of fused-ring (bicyclic) bond motifs is 1. The van der Waals surface area contributed by atoms with Crippen LogP contribution in [0.15, 0.2) is 18.5 Å². The van der Waals surface area contributed by atoms with E-state index in [2.05, 4.69) is 23.2 Å². The number of phosphoric acid groups is 3. The van der Waals surface area contributed by atoms with Crippen molar-refractivity contribution in [3.8, 4) is 6.07 Å². The first kappa shape index (κ1) is 23.9. The lowest BCUT2D eigenvalue weighted by molar-refractivity contribution is -0.0319. The predicted octanol–water partition coefficient (Wildman–Crippen LogP) is 0.553. The van der Waals surface area contributed by atoms with Gasteiger partial charge in [-0.25, -0.2) is 23.2 Å². The zero-order chi connectivity index (χ0) is 23.1. The molecule has 0 saturated carbocycles. The van der Waals surface area contributed by atoms with Crippen LogP contribution >= 0.6 is 23.5 Å². The topological polar surface area (TPSA) is 249 Å². The van der Waals surface area contributed by atoms with Crippen LogP contribution in [0.25, 0.3) is 5.52 Å². The minimum absolute atomic E-state index is 0.143. The van der Waals surface area contributed by atoms with Gasteiger partial charge >= 0.3 is 23.5 Å². The quantitative estimate of drug-likeness (QED) is 0.311. The Kier molecular flexibility index (Phi) is 6.43. The highest BCUT2D eigenvalue weighted by Gasteiger charge is 2.46. The van der Waals surface area contributed by atoms with Gasteiger partial charge in [-0.05, 0) is 25.0 Å². The summed E-state index contributed by atoms with van der Waals surface area (Å²) < 4.78 is 52.7. The molecule has 170 valence electrons. The van der Waals surface area contributed by atoms with Gasteiger partial charge in [-0.15, -0.1) is 0 Å². The Labute approximate surface area is 173 Å². The van der Waals surface area contributed by atoms with Crippen LogP contribution in [-0.2, 0) is 37.2 Å². The van der Waals surface area contributed by atoms with E-state index in [1.54, 1.807) is 12.1 Å². The van der Waals surface area contributed by atoms with E-state index in [0.29, 0.717) is 11.2 Å². The molecule has 6 N–H and O–H groups in total. The highest BCUT2D eigenvalue weighted by atomic mass is 31.3. The Morgan fingerprint density at radius 2 is 1.97 bits per heavy atom. The van der Waals surface area contributed by atoms with Gasteiger partial charge in [-0.1, -0.05) is 0 Å². The number of hydrogen-bond donors (Lipinski definition) is 5. The van der Waals surface area contributed by atoms with Crippen molar-refractivity contribution >= 4 is 34.8 Å². The van der Waals surface area contributed by atoms with E-state index >= 15 is 0 Å². The summed E-state index contributed by atoms with van der Waals surface area (Å²) in [5.41, 5.74) is 5.04. The van der Waals surface area contributed by atoms with E-state index in [-0.39, 0.29) is 18.7 Å². The highest BCUT2D eigenvalue weighted by Crippen LogP contribution is 2.66. The number of anilines is 1. The zero-order valence-corrected chi connectivity index (χ0v) is 18.0. The van der Waals surface area contributed by atoms with E-state index in [1.165, 1.54) is 10.8 Å². The number of nitrogens with zero attached hydrogens (tertiary/aromatic N) is 4. The number of phosphoric ester groups is 1. The molecule has 0 aromatic carbocycles. The molecule has 4 atom stereocenters. The molecule has 16 nitrogen and oxygen atoms in total. The molecule has 31 heavy (non-hydrogen) atoms. The molecule has 19 heteroatoms. The molecule has 0 amide bonds. The van der Waals surface area contributed by atoms with Crippen LogP contribution in [0.3, 0.4) is 0 Å². The molecule has 1 aliphatic rings. The fraction of sp³-hybridized carbons (Fsp3) is 0.417. The van der Waals surface area contributed by atoms with Crippen molar-refractivity contribution in [2.75, 3.05) is 12.3 Å². The molecule has 1 saturated heterocycles. The third kappa shape index (κ3) is 5.56. The first-order chi connectivity index (χ1) is 14.3. The van der Waals surface area contributed by atoms with Crippen molar-refractivity contribution in [1.82, 2.24) is 14.6 Å². The summed E-state index contributed by atoms with van der Waals surface area (Å²) >= 11 is 0. The van der Waals surface area contributed by atoms with Crippen molar-refractivity contribution in [1.29, 1.82) is 5.26 Å². The number of nitriles is 1. The molecule has 2 aromatic rings. The monoisotopic (exact) mass is 499 g/mol. The van der Waals surface area contributed by atoms with Gasteiger partial charge < -0.3 is 30.0 Å². The van der Waals surface area contributed by atoms with E-state index in [1.807, 2.05) is 6.07 Å². The zero-order valence-electron chi connectivity index (χ0n) is 15.3. The van der Waals surface area contributed by atoms with Crippen molar-refractivity contribution in [2.45, 2.75) is 24.5 Å². The maximum atomic E-state index is 11.8. The number of hydrogen-bond acceptors (Lipinski definition) is 11. The third-order valence-electron chi connectivity index (χ3n) is 4.10. The Hall–Kier alpha value is -1.72. The van der Waals surface area contributed by atoms with Gasteiger partial charge in [-0.2, -0.15) is 19.0 Å². The fourth-order valence-electron chi connectivity index (χ4n) is 2.95. The van der Waals surface area contributed by atoms with Gasteiger partial charge in [0.15, 0.2) is 11.4 Å². The Bertz CT molecular complexity index is 1170. The van der Waals surface area contributed by atoms with Crippen LogP contribution in [-0.4, -0.2) is 46.9 Å². The van der Waals surface area contributed by atoms with Crippen LogP contribution < -0.4 is 5.73 Å². The molecule has 0 aliphatic carbocycles. The minimum atomic E-state index is -5.62. The molecule has 4 unspecified atom stereocenters. The molecule has 0 spiro atoms. The summed E-state index contributed by atoms with van der Waals surface area (Å²) in [4.78, 5) is 39.6. The molecule has 1 aliphatic heterocycles. The molecule has 3 rings (SSSR count). The Balaban J connectivity index is 1.69. The maximum absolute atomic E-state index is 11.8. The number of nitrogen functional groups attached to an aromatic ring is 1.